The molecule has 0 amide bonds. The van der Waals surface area contributed by atoms with Gasteiger partial charge in [-0.2, -0.15) is 0 Å². The fourth-order valence-electron chi connectivity index (χ4n) is 3.64. The van der Waals surface area contributed by atoms with Gasteiger partial charge in [-0.3, -0.25) is 9.98 Å². The third kappa shape index (κ3) is 5.16. The lowest BCUT2D eigenvalue weighted by Crippen LogP contribution is -2.36. The molecule has 142 valence electrons. The number of halogens is 1. The van der Waals surface area contributed by atoms with Gasteiger partial charge >= 0.3 is 0 Å². The summed E-state index contributed by atoms with van der Waals surface area (Å²) >= 11 is 5.96. The van der Waals surface area contributed by atoms with Gasteiger partial charge in [0.1, 0.15) is 0 Å². The van der Waals surface area contributed by atoms with E-state index in [1.165, 1.54) is 5.71 Å². The van der Waals surface area contributed by atoms with Crippen LogP contribution in [-0.4, -0.2) is 41.8 Å². The van der Waals surface area contributed by atoms with E-state index in [0.717, 1.165) is 65.9 Å². The van der Waals surface area contributed by atoms with Crippen LogP contribution in [0, 0.1) is 5.92 Å². The summed E-state index contributed by atoms with van der Waals surface area (Å²) in [5.74, 6) is 1.34. The summed E-state index contributed by atoms with van der Waals surface area (Å²) < 4.78 is 0. The Morgan fingerprint density at radius 3 is 2.48 bits per heavy atom. The number of hydrogen-bond acceptors (Lipinski definition) is 4. The maximum absolute atomic E-state index is 5.96. The molecule has 0 unspecified atom stereocenters. The first-order chi connectivity index (χ1) is 12.9. The van der Waals surface area contributed by atoms with Crippen molar-refractivity contribution in [3.63, 3.8) is 0 Å². The molecular weight excluding hydrogens is 356 g/mol. The van der Waals surface area contributed by atoms with Crippen molar-refractivity contribution in [3.8, 4) is 0 Å². The van der Waals surface area contributed by atoms with Crippen LogP contribution in [0.5, 0.6) is 0 Å². The fourth-order valence-corrected chi connectivity index (χ4v) is 3.77. The average Bonchev–Trinajstić information content (AvgIpc) is 3.12. The first kappa shape index (κ1) is 19.6. The quantitative estimate of drug-likeness (QED) is 0.627. The van der Waals surface area contributed by atoms with E-state index >= 15 is 0 Å². The molecule has 27 heavy (non-hydrogen) atoms. The highest BCUT2D eigenvalue weighted by Crippen LogP contribution is 2.25. The van der Waals surface area contributed by atoms with Gasteiger partial charge in [-0.15, -0.1) is 0 Å². The molecule has 3 rings (SSSR count). The van der Waals surface area contributed by atoms with Crippen LogP contribution in [0.25, 0.3) is 0 Å². The van der Waals surface area contributed by atoms with Gasteiger partial charge in [-0.05, 0) is 51.0 Å². The zero-order valence-electron chi connectivity index (χ0n) is 16.2. The number of piperidine rings is 1. The minimum absolute atomic E-state index is 0.507. The second-order valence-corrected chi connectivity index (χ2v) is 7.77. The molecule has 2 aliphatic rings. The standard InChI is InChI=1S/C22H27ClN4/c1-15(2)25-16(3)13-17(4)27-11-9-18(10-12-27)21-14-24-22(26-21)19-5-7-20(23)8-6-19/h5-8,18H,1,4,9-14H2,2-3H3. The molecular formula is C22H27ClN4. The molecule has 1 aromatic rings. The van der Waals surface area contributed by atoms with E-state index < -0.39 is 0 Å². The molecule has 4 nitrogen and oxygen atoms in total. The summed E-state index contributed by atoms with van der Waals surface area (Å²) in [6, 6.07) is 7.73. The number of benzene rings is 1. The zero-order valence-corrected chi connectivity index (χ0v) is 17.0. The van der Waals surface area contributed by atoms with E-state index in [4.69, 9.17) is 16.6 Å². The smallest absolute Gasteiger partial charge is 0.154 e. The topological polar surface area (TPSA) is 40.3 Å². The normalized spacial score (nSPS) is 18.3. The monoisotopic (exact) mass is 382 g/mol. The second kappa shape index (κ2) is 8.66. The molecule has 0 N–H and O–H groups in total. The number of likely N-dealkylation sites (tertiary alicyclic amines) is 1. The number of amidine groups is 1. The zero-order chi connectivity index (χ0) is 19.4. The summed E-state index contributed by atoms with van der Waals surface area (Å²) in [7, 11) is 0. The predicted octanol–water partition coefficient (Wildman–Crippen LogP) is 5.15. The van der Waals surface area contributed by atoms with E-state index in [1.807, 2.05) is 38.1 Å². The molecule has 0 bridgehead atoms. The molecule has 1 aromatic carbocycles. The Labute approximate surface area is 167 Å². The first-order valence-electron chi connectivity index (χ1n) is 9.42. The average molecular weight is 383 g/mol. The van der Waals surface area contributed by atoms with E-state index in [9.17, 15) is 0 Å². The van der Waals surface area contributed by atoms with Crippen molar-refractivity contribution < 1.29 is 0 Å². The van der Waals surface area contributed by atoms with Gasteiger partial charge in [0.15, 0.2) is 5.84 Å². The summed E-state index contributed by atoms with van der Waals surface area (Å²) in [4.78, 5) is 16.2. The van der Waals surface area contributed by atoms with E-state index in [1.54, 1.807) is 0 Å². The molecule has 0 aromatic heterocycles. The van der Waals surface area contributed by atoms with Crippen LogP contribution in [0.2, 0.25) is 5.02 Å². The molecule has 0 atom stereocenters. The molecule has 2 aliphatic heterocycles. The van der Waals surface area contributed by atoms with Crippen molar-refractivity contribution in [2.45, 2.75) is 33.1 Å². The number of nitrogens with zero attached hydrogens (tertiary/aromatic N) is 4. The molecule has 5 heteroatoms. The lowest BCUT2D eigenvalue weighted by molar-refractivity contribution is 0.258. The summed E-state index contributed by atoms with van der Waals surface area (Å²) in [5.41, 5.74) is 5.30. The van der Waals surface area contributed by atoms with Crippen LogP contribution in [0.4, 0.5) is 0 Å². The summed E-state index contributed by atoms with van der Waals surface area (Å²) in [5, 5.41) is 0.734. The van der Waals surface area contributed by atoms with E-state index in [2.05, 4.69) is 28.0 Å². The van der Waals surface area contributed by atoms with E-state index in [-0.39, 0.29) is 0 Å². The van der Waals surface area contributed by atoms with Gasteiger partial charge in [0.05, 0.1) is 6.54 Å². The van der Waals surface area contributed by atoms with Crippen LogP contribution in [0.15, 0.2) is 63.8 Å². The second-order valence-electron chi connectivity index (χ2n) is 7.34. The fraction of sp³-hybridized carbons (Fsp3) is 0.409. The Balaban J connectivity index is 1.54. The lowest BCUT2D eigenvalue weighted by Gasteiger charge is -2.34. The van der Waals surface area contributed by atoms with Gasteiger partial charge in [-0.1, -0.05) is 24.8 Å². The van der Waals surface area contributed by atoms with Crippen molar-refractivity contribution in [2.24, 2.45) is 20.9 Å². The van der Waals surface area contributed by atoms with Crippen LogP contribution in [0.1, 0.15) is 38.7 Å². The Morgan fingerprint density at radius 2 is 1.85 bits per heavy atom. The minimum Gasteiger partial charge on any atom is -0.375 e. The predicted molar refractivity (Wildman–Crippen MR) is 116 cm³/mol. The number of rotatable bonds is 6. The minimum atomic E-state index is 0.507. The molecule has 0 aliphatic carbocycles. The van der Waals surface area contributed by atoms with Crippen LogP contribution < -0.4 is 0 Å². The van der Waals surface area contributed by atoms with Crippen LogP contribution >= 0.6 is 11.6 Å². The molecule has 1 fully saturated rings. The molecule has 0 saturated carbocycles. The molecule has 1 saturated heterocycles. The van der Waals surface area contributed by atoms with Crippen LogP contribution in [0.3, 0.4) is 0 Å². The highest BCUT2D eigenvalue weighted by atomic mass is 35.5. The van der Waals surface area contributed by atoms with E-state index in [0.29, 0.717) is 12.5 Å². The van der Waals surface area contributed by atoms with Gasteiger partial charge in [0.25, 0.3) is 0 Å². The Hall–Kier alpha value is -2.20. The SMILES string of the molecule is C=C(C)N=C(C)CC(=C)N1CCC(C2=NC(c3ccc(Cl)cc3)=NC2)CC1. The summed E-state index contributed by atoms with van der Waals surface area (Å²) in [6.07, 6.45) is 3.00. The largest absolute Gasteiger partial charge is 0.375 e. The Morgan fingerprint density at radius 1 is 1.19 bits per heavy atom. The molecule has 0 spiro atoms. The van der Waals surface area contributed by atoms with Gasteiger partial charge < -0.3 is 4.90 Å². The van der Waals surface area contributed by atoms with Crippen molar-refractivity contribution in [1.82, 2.24) is 4.90 Å². The third-order valence-corrected chi connectivity index (χ3v) is 5.25. The first-order valence-corrected chi connectivity index (χ1v) is 9.80. The maximum atomic E-state index is 5.96. The Bertz CT molecular complexity index is 809. The molecule has 0 radical (unpaired) electrons. The Kier molecular flexibility index (Phi) is 6.27. The van der Waals surface area contributed by atoms with Crippen molar-refractivity contribution in [1.29, 1.82) is 0 Å². The number of aliphatic imine (C=N–C) groups is 3. The number of hydrogen-bond donors (Lipinski definition) is 0. The maximum Gasteiger partial charge on any atom is 0.154 e. The van der Waals surface area contributed by atoms with Crippen molar-refractivity contribution >= 4 is 28.9 Å². The van der Waals surface area contributed by atoms with Gasteiger partial charge in [0, 0.05) is 58.8 Å². The van der Waals surface area contributed by atoms with Crippen molar-refractivity contribution in [3.05, 3.63) is 59.4 Å². The molecule has 2 heterocycles. The highest BCUT2D eigenvalue weighted by molar-refractivity contribution is 6.30. The highest BCUT2D eigenvalue weighted by Gasteiger charge is 2.26. The third-order valence-electron chi connectivity index (χ3n) is 5.00. The van der Waals surface area contributed by atoms with Crippen molar-refractivity contribution in [2.75, 3.05) is 19.6 Å². The summed E-state index contributed by atoms with van der Waals surface area (Å²) in [6.45, 7) is 14.8. The van der Waals surface area contributed by atoms with Gasteiger partial charge in [0.2, 0.25) is 0 Å². The number of allylic oxidation sites excluding steroid dienone is 2. The lowest BCUT2D eigenvalue weighted by atomic mass is 9.91. The van der Waals surface area contributed by atoms with Gasteiger partial charge in [-0.25, -0.2) is 4.99 Å². The van der Waals surface area contributed by atoms with Crippen LogP contribution in [-0.2, 0) is 0 Å².